The largest absolute Gasteiger partial charge is 0.397 e. The zero-order valence-electron chi connectivity index (χ0n) is 11.7. The number of carbonyl (C=O) groups is 1. The van der Waals surface area contributed by atoms with Crippen molar-refractivity contribution in [2.24, 2.45) is 5.41 Å². The number of amides is 1. The fraction of sp³-hybridized carbons (Fsp3) is 0.643. The third-order valence-corrected chi connectivity index (χ3v) is 5.21. The summed E-state index contributed by atoms with van der Waals surface area (Å²) < 4.78 is 0. The molecule has 1 aliphatic carbocycles. The van der Waals surface area contributed by atoms with E-state index in [1.165, 1.54) is 37.0 Å². The summed E-state index contributed by atoms with van der Waals surface area (Å²) in [6, 6.07) is 1.87. The Balaban J connectivity index is 1.98. The van der Waals surface area contributed by atoms with Gasteiger partial charge in [0.2, 0.25) is 0 Å². The molecule has 0 bridgehead atoms. The average molecular weight is 281 g/mol. The van der Waals surface area contributed by atoms with Crippen LogP contribution >= 0.6 is 11.3 Å². The van der Waals surface area contributed by atoms with Crippen LogP contribution < -0.4 is 16.4 Å². The van der Waals surface area contributed by atoms with E-state index in [1.54, 1.807) is 0 Å². The van der Waals surface area contributed by atoms with Crippen molar-refractivity contribution in [3.05, 3.63) is 10.9 Å². The lowest BCUT2D eigenvalue weighted by Gasteiger charge is -2.41. The zero-order valence-corrected chi connectivity index (χ0v) is 12.5. The van der Waals surface area contributed by atoms with Gasteiger partial charge < -0.3 is 16.4 Å². The van der Waals surface area contributed by atoms with Crippen molar-refractivity contribution in [2.75, 3.05) is 24.1 Å². The van der Waals surface area contributed by atoms with E-state index in [0.717, 1.165) is 11.5 Å². The summed E-state index contributed by atoms with van der Waals surface area (Å²) in [7, 11) is 0. The van der Waals surface area contributed by atoms with Gasteiger partial charge in [-0.25, -0.2) is 0 Å². The van der Waals surface area contributed by atoms with Crippen LogP contribution in [0.2, 0.25) is 0 Å². The van der Waals surface area contributed by atoms with Gasteiger partial charge in [-0.1, -0.05) is 13.3 Å². The molecule has 1 fully saturated rings. The number of hydrogen-bond acceptors (Lipinski definition) is 4. The van der Waals surface area contributed by atoms with Crippen molar-refractivity contribution in [1.29, 1.82) is 0 Å². The first-order valence-corrected chi connectivity index (χ1v) is 7.83. The molecule has 4 N–H and O–H groups in total. The molecule has 0 aromatic carbocycles. The van der Waals surface area contributed by atoms with Crippen molar-refractivity contribution >= 4 is 27.9 Å². The Morgan fingerprint density at radius 2 is 2.21 bits per heavy atom. The Hall–Kier alpha value is -1.23. The first-order valence-electron chi connectivity index (χ1n) is 7.01. The molecule has 1 aromatic rings. The highest BCUT2D eigenvalue weighted by Gasteiger charge is 2.34. The minimum absolute atomic E-state index is 0.0769. The minimum atomic E-state index is -0.0769. The molecule has 1 saturated carbocycles. The Morgan fingerprint density at radius 3 is 2.74 bits per heavy atom. The zero-order chi connectivity index (χ0) is 13.9. The van der Waals surface area contributed by atoms with Crippen LogP contribution in [0.1, 0.15) is 49.2 Å². The number of anilines is 2. The van der Waals surface area contributed by atoms with Gasteiger partial charge in [-0.3, -0.25) is 4.79 Å². The van der Waals surface area contributed by atoms with Crippen molar-refractivity contribution in [3.8, 4) is 0 Å². The number of nitrogen functional groups attached to an aromatic ring is 1. The number of rotatable bonds is 6. The molecule has 0 radical (unpaired) electrons. The summed E-state index contributed by atoms with van der Waals surface area (Å²) in [5.74, 6) is -0.0769. The van der Waals surface area contributed by atoms with Crippen molar-refractivity contribution in [3.63, 3.8) is 0 Å². The predicted molar refractivity (Wildman–Crippen MR) is 81.8 cm³/mol. The Bertz CT molecular complexity index is 446. The first kappa shape index (κ1) is 14.2. The van der Waals surface area contributed by atoms with E-state index in [2.05, 4.69) is 17.6 Å². The Kier molecular flexibility index (Phi) is 4.34. The lowest BCUT2D eigenvalue weighted by atomic mass is 9.67. The van der Waals surface area contributed by atoms with Gasteiger partial charge in [0.1, 0.15) is 4.88 Å². The molecule has 0 atom stereocenters. The molecule has 1 aromatic heterocycles. The van der Waals surface area contributed by atoms with Crippen LogP contribution in [0.4, 0.5) is 10.7 Å². The number of carbonyl (C=O) groups excluding carboxylic acids is 1. The smallest absolute Gasteiger partial charge is 0.263 e. The van der Waals surface area contributed by atoms with Gasteiger partial charge >= 0.3 is 0 Å². The van der Waals surface area contributed by atoms with Crippen molar-refractivity contribution in [2.45, 2.75) is 39.5 Å². The van der Waals surface area contributed by atoms with Crippen LogP contribution in [0, 0.1) is 5.41 Å². The molecular weight excluding hydrogens is 258 g/mol. The fourth-order valence-corrected chi connectivity index (χ4v) is 3.41. The number of nitrogens with two attached hydrogens (primary N) is 1. The normalized spacial score (nSPS) is 16.7. The van der Waals surface area contributed by atoms with E-state index in [1.807, 2.05) is 13.0 Å². The molecule has 106 valence electrons. The van der Waals surface area contributed by atoms with E-state index < -0.39 is 0 Å². The second-order valence-corrected chi connectivity index (χ2v) is 6.37. The van der Waals surface area contributed by atoms with Gasteiger partial charge in [-0.15, -0.1) is 11.3 Å². The molecule has 1 aliphatic rings. The van der Waals surface area contributed by atoms with Crippen molar-refractivity contribution in [1.82, 2.24) is 5.32 Å². The molecular formula is C14H23N3OS. The van der Waals surface area contributed by atoms with Gasteiger partial charge in [0.15, 0.2) is 0 Å². The molecule has 1 heterocycles. The Morgan fingerprint density at radius 1 is 1.47 bits per heavy atom. The predicted octanol–water partition coefficient (Wildman–Crippen LogP) is 3.07. The topological polar surface area (TPSA) is 67.2 Å². The van der Waals surface area contributed by atoms with Crippen LogP contribution in [-0.4, -0.2) is 19.0 Å². The third-order valence-electron chi connectivity index (χ3n) is 4.11. The Labute approximate surface area is 118 Å². The maximum Gasteiger partial charge on any atom is 0.263 e. The average Bonchev–Trinajstić information content (AvgIpc) is 2.70. The number of hydrogen-bond donors (Lipinski definition) is 3. The molecule has 2 rings (SSSR count). The quantitative estimate of drug-likeness (QED) is 0.750. The summed E-state index contributed by atoms with van der Waals surface area (Å²) in [5.41, 5.74) is 6.93. The van der Waals surface area contributed by atoms with E-state index in [4.69, 9.17) is 5.73 Å². The maximum absolute atomic E-state index is 11.8. The van der Waals surface area contributed by atoms with Gasteiger partial charge in [0.25, 0.3) is 5.91 Å². The molecule has 1 amide bonds. The lowest BCUT2D eigenvalue weighted by molar-refractivity contribution is 0.0960. The van der Waals surface area contributed by atoms with Crippen LogP contribution in [-0.2, 0) is 0 Å². The van der Waals surface area contributed by atoms with Gasteiger partial charge in [0.05, 0.1) is 10.7 Å². The van der Waals surface area contributed by atoms with Gasteiger partial charge in [0, 0.05) is 13.1 Å². The molecule has 19 heavy (non-hydrogen) atoms. The second-order valence-electron chi connectivity index (χ2n) is 5.32. The molecule has 5 heteroatoms. The van der Waals surface area contributed by atoms with Crippen LogP contribution in [0.15, 0.2) is 6.07 Å². The summed E-state index contributed by atoms with van der Waals surface area (Å²) in [4.78, 5) is 12.4. The molecule has 0 spiro atoms. The lowest BCUT2D eigenvalue weighted by Crippen LogP contribution is -2.35. The highest BCUT2D eigenvalue weighted by Crippen LogP contribution is 2.44. The summed E-state index contributed by atoms with van der Waals surface area (Å²) in [6.07, 6.45) is 5.16. The third kappa shape index (κ3) is 3.03. The van der Waals surface area contributed by atoms with Crippen molar-refractivity contribution < 1.29 is 4.79 Å². The van der Waals surface area contributed by atoms with Crippen LogP contribution in [0.5, 0.6) is 0 Å². The highest BCUT2D eigenvalue weighted by atomic mass is 32.1. The van der Waals surface area contributed by atoms with E-state index in [-0.39, 0.29) is 5.91 Å². The van der Waals surface area contributed by atoms with Gasteiger partial charge in [-0.2, -0.15) is 0 Å². The van der Waals surface area contributed by atoms with E-state index in [9.17, 15) is 4.79 Å². The number of nitrogens with one attached hydrogen (secondary N) is 2. The number of thiophene rings is 1. The van der Waals surface area contributed by atoms with Gasteiger partial charge in [-0.05, 0) is 37.7 Å². The van der Waals surface area contributed by atoms with E-state index in [0.29, 0.717) is 22.5 Å². The van der Waals surface area contributed by atoms with Crippen LogP contribution in [0.3, 0.4) is 0 Å². The molecule has 4 nitrogen and oxygen atoms in total. The molecule has 0 unspecified atom stereocenters. The summed E-state index contributed by atoms with van der Waals surface area (Å²) in [6.45, 7) is 5.77. The second kappa shape index (κ2) is 5.82. The fourth-order valence-electron chi connectivity index (χ4n) is 2.52. The summed E-state index contributed by atoms with van der Waals surface area (Å²) in [5, 5.41) is 7.24. The first-order chi connectivity index (χ1) is 9.10. The maximum atomic E-state index is 11.8. The van der Waals surface area contributed by atoms with Crippen LogP contribution in [0.25, 0.3) is 0 Å². The monoisotopic (exact) mass is 281 g/mol. The minimum Gasteiger partial charge on any atom is -0.397 e. The van der Waals surface area contributed by atoms with E-state index >= 15 is 0 Å². The standard InChI is InChI=1S/C14H23N3OS/c1-3-14(6-5-7-14)9-17-11-8-10(15)12(19-11)13(18)16-4-2/h8,17H,3-7,9,15H2,1-2H3,(H,16,18). The molecule has 0 saturated heterocycles. The molecule has 0 aliphatic heterocycles. The highest BCUT2D eigenvalue weighted by molar-refractivity contribution is 7.18. The SMILES string of the molecule is CCNC(=O)c1sc(NCC2(CC)CCC2)cc1N. The summed E-state index contributed by atoms with van der Waals surface area (Å²) >= 11 is 1.45.